The third-order valence-corrected chi connectivity index (χ3v) is 3.83. The number of nitro benzene ring substituents is 1. The van der Waals surface area contributed by atoms with Crippen molar-refractivity contribution in [1.29, 1.82) is 0 Å². The lowest BCUT2D eigenvalue weighted by Gasteiger charge is -2.22. The highest BCUT2D eigenvalue weighted by molar-refractivity contribution is 6.31. The van der Waals surface area contributed by atoms with E-state index >= 15 is 0 Å². The quantitative estimate of drug-likeness (QED) is 0.598. The van der Waals surface area contributed by atoms with Crippen LogP contribution in [-0.2, 0) is 13.0 Å². The normalized spacial score (nSPS) is 12.6. The Morgan fingerprint density at radius 1 is 1.45 bits per heavy atom. The number of hydrogen-bond acceptors (Lipinski definition) is 6. The van der Waals surface area contributed by atoms with Gasteiger partial charge >= 0.3 is 0 Å². The minimum atomic E-state index is -0.436. The van der Waals surface area contributed by atoms with Gasteiger partial charge in [0.1, 0.15) is 0 Å². The molecule has 0 aliphatic heterocycles. The molecule has 0 radical (unpaired) electrons. The molecule has 2 rings (SSSR count). The van der Waals surface area contributed by atoms with Crippen molar-refractivity contribution in [2.24, 2.45) is 0 Å². The molecule has 0 saturated carbocycles. The van der Waals surface area contributed by atoms with Crippen LogP contribution >= 0.6 is 11.6 Å². The van der Waals surface area contributed by atoms with Crippen LogP contribution in [-0.4, -0.2) is 27.1 Å². The molecule has 22 heavy (non-hydrogen) atoms. The average molecular weight is 325 g/mol. The van der Waals surface area contributed by atoms with Gasteiger partial charge in [0.2, 0.25) is 11.8 Å². The summed E-state index contributed by atoms with van der Waals surface area (Å²) in [6.45, 7) is 4.30. The maximum atomic E-state index is 10.9. The fraction of sp³-hybridized carbons (Fsp3) is 0.429. The van der Waals surface area contributed by atoms with E-state index < -0.39 is 4.92 Å². The zero-order valence-corrected chi connectivity index (χ0v) is 13.4. The van der Waals surface area contributed by atoms with Crippen molar-refractivity contribution in [3.63, 3.8) is 0 Å². The Morgan fingerprint density at radius 3 is 2.77 bits per heavy atom. The van der Waals surface area contributed by atoms with E-state index in [1.54, 1.807) is 0 Å². The first-order valence-electron chi connectivity index (χ1n) is 6.87. The highest BCUT2D eigenvalue weighted by atomic mass is 35.5. The molecule has 1 atom stereocenters. The molecular weight excluding hydrogens is 308 g/mol. The van der Waals surface area contributed by atoms with Gasteiger partial charge in [-0.2, -0.15) is 0 Å². The second-order valence-electron chi connectivity index (χ2n) is 5.01. The SMILES string of the molecule is CCc1nnc([C@H](C)N(C)Cc2cc([N+](=O)[O-])ccc2Cl)o1. The summed E-state index contributed by atoms with van der Waals surface area (Å²) in [6.07, 6.45) is 0.681. The fourth-order valence-corrected chi connectivity index (χ4v) is 2.15. The Hall–Kier alpha value is -1.99. The van der Waals surface area contributed by atoms with Crippen molar-refractivity contribution < 1.29 is 9.34 Å². The molecule has 0 aliphatic rings. The fourth-order valence-electron chi connectivity index (χ4n) is 1.97. The third kappa shape index (κ3) is 3.61. The summed E-state index contributed by atoms with van der Waals surface area (Å²) in [7, 11) is 1.87. The molecule has 8 heteroatoms. The van der Waals surface area contributed by atoms with Crippen LogP contribution in [0.5, 0.6) is 0 Å². The molecule has 0 spiro atoms. The van der Waals surface area contributed by atoms with Gasteiger partial charge < -0.3 is 4.42 Å². The second-order valence-corrected chi connectivity index (χ2v) is 5.42. The molecule has 1 aromatic heterocycles. The molecule has 1 heterocycles. The maximum absolute atomic E-state index is 10.9. The number of halogens is 1. The first-order chi connectivity index (χ1) is 10.4. The molecule has 0 saturated heterocycles. The summed E-state index contributed by atoms with van der Waals surface area (Å²) in [5.74, 6) is 1.10. The highest BCUT2D eigenvalue weighted by Crippen LogP contribution is 2.26. The van der Waals surface area contributed by atoms with Gasteiger partial charge in [-0.05, 0) is 25.6 Å². The number of nitrogens with zero attached hydrogens (tertiary/aromatic N) is 4. The van der Waals surface area contributed by atoms with Crippen molar-refractivity contribution in [2.75, 3.05) is 7.05 Å². The van der Waals surface area contributed by atoms with Crippen LogP contribution in [0.2, 0.25) is 5.02 Å². The van der Waals surface area contributed by atoms with E-state index in [-0.39, 0.29) is 11.7 Å². The molecule has 1 aromatic carbocycles. The number of aromatic nitrogens is 2. The van der Waals surface area contributed by atoms with Gasteiger partial charge in [-0.15, -0.1) is 10.2 Å². The summed E-state index contributed by atoms with van der Waals surface area (Å²) < 4.78 is 5.54. The van der Waals surface area contributed by atoms with E-state index in [2.05, 4.69) is 10.2 Å². The average Bonchev–Trinajstić information content (AvgIpc) is 2.97. The number of nitro groups is 1. The largest absolute Gasteiger partial charge is 0.424 e. The molecule has 0 fully saturated rings. The van der Waals surface area contributed by atoms with Gasteiger partial charge in [-0.25, -0.2) is 0 Å². The number of rotatable bonds is 6. The zero-order valence-electron chi connectivity index (χ0n) is 12.6. The Balaban J connectivity index is 2.15. The zero-order chi connectivity index (χ0) is 16.3. The lowest BCUT2D eigenvalue weighted by molar-refractivity contribution is -0.384. The summed E-state index contributed by atoms with van der Waals surface area (Å²) >= 11 is 6.12. The minimum absolute atomic E-state index is 0.0199. The van der Waals surface area contributed by atoms with Crippen molar-refractivity contribution in [3.05, 3.63) is 50.7 Å². The minimum Gasteiger partial charge on any atom is -0.424 e. The summed E-state index contributed by atoms with van der Waals surface area (Å²) in [4.78, 5) is 12.4. The van der Waals surface area contributed by atoms with Crippen molar-refractivity contribution in [1.82, 2.24) is 15.1 Å². The van der Waals surface area contributed by atoms with Gasteiger partial charge in [0.15, 0.2) is 0 Å². The Kier molecular flexibility index (Phi) is 5.10. The smallest absolute Gasteiger partial charge is 0.269 e. The van der Waals surface area contributed by atoms with E-state index in [0.29, 0.717) is 35.3 Å². The van der Waals surface area contributed by atoms with E-state index in [0.717, 1.165) is 0 Å². The number of non-ortho nitro benzene ring substituents is 1. The van der Waals surface area contributed by atoms with Crippen LogP contribution < -0.4 is 0 Å². The molecule has 0 unspecified atom stereocenters. The Bertz CT molecular complexity index is 674. The molecular formula is C14H17ClN4O3. The first-order valence-corrected chi connectivity index (χ1v) is 7.25. The van der Waals surface area contributed by atoms with Crippen LogP contribution in [0, 0.1) is 10.1 Å². The summed E-state index contributed by atoms with van der Waals surface area (Å²) in [6, 6.07) is 4.29. The molecule has 0 amide bonds. The van der Waals surface area contributed by atoms with Gasteiger partial charge in [-0.1, -0.05) is 18.5 Å². The lowest BCUT2D eigenvalue weighted by atomic mass is 10.1. The van der Waals surface area contributed by atoms with Gasteiger partial charge in [0.05, 0.1) is 11.0 Å². The van der Waals surface area contributed by atoms with Gasteiger partial charge in [0, 0.05) is 30.1 Å². The third-order valence-electron chi connectivity index (χ3n) is 3.46. The Labute approximate surface area is 133 Å². The number of aryl methyl sites for hydroxylation is 1. The number of benzene rings is 1. The molecule has 2 aromatic rings. The van der Waals surface area contributed by atoms with E-state index in [1.165, 1.54) is 18.2 Å². The molecule has 7 nitrogen and oxygen atoms in total. The van der Waals surface area contributed by atoms with Crippen LogP contribution in [0.25, 0.3) is 0 Å². The lowest BCUT2D eigenvalue weighted by Crippen LogP contribution is -2.22. The predicted molar refractivity (Wildman–Crippen MR) is 81.7 cm³/mol. The monoisotopic (exact) mass is 324 g/mol. The number of hydrogen-bond donors (Lipinski definition) is 0. The summed E-state index contributed by atoms with van der Waals surface area (Å²) in [5.41, 5.74) is 0.701. The molecule has 0 bridgehead atoms. The standard InChI is InChI=1S/C14H17ClN4O3/c1-4-13-16-17-14(22-13)9(2)18(3)8-10-7-11(19(20)21)5-6-12(10)15/h5-7,9H,4,8H2,1-3H3/t9-/m0/s1. The van der Waals surface area contributed by atoms with E-state index in [9.17, 15) is 10.1 Å². The second kappa shape index (κ2) is 6.85. The van der Waals surface area contributed by atoms with Gasteiger partial charge in [-0.3, -0.25) is 15.0 Å². The van der Waals surface area contributed by atoms with Crippen LogP contribution in [0.15, 0.2) is 22.6 Å². The molecule has 118 valence electrons. The van der Waals surface area contributed by atoms with Crippen LogP contribution in [0.1, 0.15) is 37.2 Å². The van der Waals surface area contributed by atoms with E-state index in [1.807, 2.05) is 25.8 Å². The first kappa shape index (κ1) is 16.4. The Morgan fingerprint density at radius 2 is 2.18 bits per heavy atom. The highest BCUT2D eigenvalue weighted by Gasteiger charge is 2.20. The van der Waals surface area contributed by atoms with Gasteiger partial charge in [0.25, 0.3) is 5.69 Å². The van der Waals surface area contributed by atoms with E-state index in [4.69, 9.17) is 16.0 Å². The van der Waals surface area contributed by atoms with Crippen LogP contribution in [0.3, 0.4) is 0 Å². The van der Waals surface area contributed by atoms with Crippen molar-refractivity contribution in [2.45, 2.75) is 32.9 Å². The topological polar surface area (TPSA) is 85.3 Å². The van der Waals surface area contributed by atoms with Crippen molar-refractivity contribution in [3.8, 4) is 0 Å². The summed E-state index contributed by atoms with van der Waals surface area (Å²) in [5, 5.41) is 19.3. The maximum Gasteiger partial charge on any atom is 0.269 e. The van der Waals surface area contributed by atoms with Crippen molar-refractivity contribution >= 4 is 17.3 Å². The molecule has 0 N–H and O–H groups in total. The predicted octanol–water partition coefficient (Wildman–Crippen LogP) is 3.39. The van der Waals surface area contributed by atoms with Crippen LogP contribution in [0.4, 0.5) is 5.69 Å². The molecule has 0 aliphatic carbocycles.